The highest BCUT2D eigenvalue weighted by Gasteiger charge is 2.09. The molecule has 0 bridgehead atoms. The zero-order chi connectivity index (χ0) is 16.8. The van der Waals surface area contributed by atoms with Gasteiger partial charge in [0.15, 0.2) is 0 Å². The molecule has 122 valence electrons. The number of rotatable bonds is 5. The van der Waals surface area contributed by atoms with Crippen LogP contribution in [0.15, 0.2) is 73.1 Å². The number of amides is 2. The van der Waals surface area contributed by atoms with Crippen LogP contribution in [0.3, 0.4) is 0 Å². The quantitative estimate of drug-likeness (QED) is 0.751. The van der Waals surface area contributed by atoms with E-state index in [0.29, 0.717) is 6.54 Å². The number of nitrogens with one attached hydrogen (secondary N) is 2. The molecule has 2 amide bonds. The second-order valence-electron chi connectivity index (χ2n) is 5.63. The Morgan fingerprint density at radius 2 is 1.96 bits per heavy atom. The van der Waals surface area contributed by atoms with Crippen LogP contribution in [-0.2, 0) is 6.54 Å². The Morgan fingerprint density at radius 3 is 2.71 bits per heavy atom. The highest BCUT2D eigenvalue weighted by Crippen LogP contribution is 2.14. The van der Waals surface area contributed by atoms with Crippen molar-refractivity contribution in [3.8, 4) is 0 Å². The summed E-state index contributed by atoms with van der Waals surface area (Å²) >= 11 is 0. The molecular weight excluding hydrogens is 300 g/mol. The van der Waals surface area contributed by atoms with Crippen molar-refractivity contribution in [3.63, 3.8) is 0 Å². The van der Waals surface area contributed by atoms with Gasteiger partial charge in [-0.1, -0.05) is 42.5 Å². The minimum atomic E-state index is -0.220. The maximum Gasteiger partial charge on any atom is 0.319 e. The van der Waals surface area contributed by atoms with E-state index in [-0.39, 0.29) is 12.1 Å². The topological polar surface area (TPSA) is 59.0 Å². The number of urea groups is 1. The van der Waals surface area contributed by atoms with Gasteiger partial charge in [0, 0.05) is 18.1 Å². The van der Waals surface area contributed by atoms with Crippen molar-refractivity contribution in [3.05, 3.63) is 84.2 Å². The van der Waals surface area contributed by atoms with Crippen molar-refractivity contribution >= 4 is 11.7 Å². The highest BCUT2D eigenvalue weighted by atomic mass is 16.2. The lowest BCUT2D eigenvalue weighted by molar-refractivity contribution is 0.249. The predicted octanol–water partition coefficient (Wildman–Crippen LogP) is 3.81. The second kappa shape index (κ2) is 7.46. The number of hydrogen-bond donors (Lipinski definition) is 2. The van der Waals surface area contributed by atoms with Gasteiger partial charge in [0.2, 0.25) is 0 Å². The molecule has 3 aromatic rings. The third-order valence-electron chi connectivity index (χ3n) is 3.74. The number of benzene rings is 2. The van der Waals surface area contributed by atoms with Gasteiger partial charge < -0.3 is 10.6 Å². The van der Waals surface area contributed by atoms with E-state index in [2.05, 4.69) is 15.7 Å². The molecule has 2 aromatic carbocycles. The number of anilines is 1. The monoisotopic (exact) mass is 320 g/mol. The summed E-state index contributed by atoms with van der Waals surface area (Å²) in [5, 5.41) is 10.0. The third kappa shape index (κ3) is 4.23. The molecule has 1 unspecified atom stereocenters. The van der Waals surface area contributed by atoms with Crippen molar-refractivity contribution in [2.24, 2.45) is 0 Å². The Morgan fingerprint density at radius 1 is 1.12 bits per heavy atom. The van der Waals surface area contributed by atoms with Crippen molar-refractivity contribution in [2.75, 3.05) is 5.32 Å². The number of carbonyl (C=O) groups is 1. The molecular formula is C19H20N4O. The second-order valence-corrected chi connectivity index (χ2v) is 5.63. The first-order valence-corrected chi connectivity index (χ1v) is 7.89. The Kier molecular flexibility index (Phi) is 4.91. The summed E-state index contributed by atoms with van der Waals surface area (Å²) in [5.74, 6) is 0. The normalized spacial score (nSPS) is 11.7. The molecule has 2 N–H and O–H groups in total. The van der Waals surface area contributed by atoms with E-state index in [1.807, 2.05) is 78.5 Å². The van der Waals surface area contributed by atoms with E-state index >= 15 is 0 Å². The average molecular weight is 320 g/mol. The molecule has 1 aromatic heterocycles. The molecule has 3 rings (SSSR count). The largest absolute Gasteiger partial charge is 0.331 e. The smallest absolute Gasteiger partial charge is 0.319 e. The first-order chi connectivity index (χ1) is 11.7. The molecule has 0 fully saturated rings. The van der Waals surface area contributed by atoms with Gasteiger partial charge in [-0.05, 0) is 36.2 Å². The van der Waals surface area contributed by atoms with Crippen molar-refractivity contribution in [1.29, 1.82) is 0 Å². The van der Waals surface area contributed by atoms with Crippen LogP contribution in [-0.4, -0.2) is 15.8 Å². The van der Waals surface area contributed by atoms with Gasteiger partial charge in [-0.3, -0.25) is 4.68 Å². The third-order valence-corrected chi connectivity index (χ3v) is 3.74. The standard InChI is InChI=1S/C19H20N4O/c1-15(17-8-3-2-4-9-17)21-19(24)22-18-10-5-7-16(13-18)14-23-12-6-11-20-23/h2-13,15H,14H2,1H3,(H2,21,22,24). The van der Waals surface area contributed by atoms with Crippen LogP contribution >= 0.6 is 0 Å². The molecule has 1 heterocycles. The lowest BCUT2D eigenvalue weighted by Crippen LogP contribution is -2.31. The maximum atomic E-state index is 12.2. The van der Waals surface area contributed by atoms with Crippen LogP contribution < -0.4 is 10.6 Å². The van der Waals surface area contributed by atoms with Crippen LogP contribution in [0.1, 0.15) is 24.1 Å². The van der Waals surface area contributed by atoms with Crippen LogP contribution in [0.2, 0.25) is 0 Å². The minimum absolute atomic E-state index is 0.0570. The first kappa shape index (κ1) is 15.8. The molecule has 0 aliphatic rings. The maximum absolute atomic E-state index is 12.2. The van der Waals surface area contributed by atoms with Crippen molar-refractivity contribution in [2.45, 2.75) is 19.5 Å². The molecule has 0 saturated heterocycles. The highest BCUT2D eigenvalue weighted by molar-refractivity contribution is 5.89. The van der Waals surface area contributed by atoms with E-state index in [9.17, 15) is 4.79 Å². The molecule has 0 aliphatic heterocycles. The lowest BCUT2D eigenvalue weighted by Gasteiger charge is -2.15. The predicted molar refractivity (Wildman–Crippen MR) is 94.8 cm³/mol. The Balaban J connectivity index is 1.60. The summed E-state index contributed by atoms with van der Waals surface area (Å²) in [4.78, 5) is 12.2. The molecule has 24 heavy (non-hydrogen) atoms. The van der Waals surface area contributed by atoms with E-state index in [1.54, 1.807) is 6.20 Å². The molecule has 0 aliphatic carbocycles. The summed E-state index contributed by atoms with van der Waals surface area (Å²) in [6.45, 7) is 2.63. The lowest BCUT2D eigenvalue weighted by atomic mass is 10.1. The van der Waals surface area contributed by atoms with E-state index in [4.69, 9.17) is 0 Å². The fourth-order valence-electron chi connectivity index (χ4n) is 2.52. The van der Waals surface area contributed by atoms with Crippen molar-refractivity contribution in [1.82, 2.24) is 15.1 Å². The molecule has 0 saturated carbocycles. The fourth-order valence-corrected chi connectivity index (χ4v) is 2.52. The fraction of sp³-hybridized carbons (Fsp3) is 0.158. The van der Waals surface area contributed by atoms with Crippen LogP contribution in [0.5, 0.6) is 0 Å². The van der Waals surface area contributed by atoms with Gasteiger partial charge in [0.1, 0.15) is 0 Å². The molecule has 0 spiro atoms. The van der Waals surface area contributed by atoms with Gasteiger partial charge in [-0.25, -0.2) is 4.79 Å². The minimum Gasteiger partial charge on any atom is -0.331 e. The van der Waals surface area contributed by atoms with Gasteiger partial charge >= 0.3 is 6.03 Å². The van der Waals surface area contributed by atoms with Gasteiger partial charge in [0.05, 0.1) is 12.6 Å². The van der Waals surface area contributed by atoms with Crippen LogP contribution in [0.4, 0.5) is 10.5 Å². The number of nitrogens with zero attached hydrogens (tertiary/aromatic N) is 2. The Labute approximate surface area is 141 Å². The summed E-state index contributed by atoms with van der Waals surface area (Å²) in [5.41, 5.74) is 2.91. The number of carbonyl (C=O) groups excluding carboxylic acids is 1. The van der Waals surface area contributed by atoms with E-state index in [0.717, 1.165) is 16.8 Å². The van der Waals surface area contributed by atoms with Gasteiger partial charge in [-0.15, -0.1) is 0 Å². The molecule has 5 nitrogen and oxygen atoms in total. The number of hydrogen-bond acceptors (Lipinski definition) is 2. The number of aromatic nitrogens is 2. The van der Waals surface area contributed by atoms with Gasteiger partial charge in [0.25, 0.3) is 0 Å². The Bertz CT molecular complexity index is 784. The summed E-state index contributed by atoms with van der Waals surface area (Å²) in [6.07, 6.45) is 3.66. The summed E-state index contributed by atoms with van der Waals surface area (Å²) in [6, 6.07) is 19.3. The SMILES string of the molecule is CC(NC(=O)Nc1cccc(Cn2cccn2)c1)c1ccccc1. The van der Waals surface area contributed by atoms with Gasteiger partial charge in [-0.2, -0.15) is 5.10 Å². The first-order valence-electron chi connectivity index (χ1n) is 7.89. The van der Waals surface area contributed by atoms with Crippen molar-refractivity contribution < 1.29 is 4.79 Å². The Hall–Kier alpha value is -3.08. The molecule has 1 atom stereocenters. The van der Waals surface area contributed by atoms with E-state index < -0.39 is 0 Å². The summed E-state index contributed by atoms with van der Waals surface area (Å²) in [7, 11) is 0. The summed E-state index contributed by atoms with van der Waals surface area (Å²) < 4.78 is 1.84. The average Bonchev–Trinajstić information content (AvgIpc) is 3.09. The van der Waals surface area contributed by atoms with Crippen LogP contribution in [0.25, 0.3) is 0 Å². The molecule has 0 radical (unpaired) electrons. The van der Waals surface area contributed by atoms with E-state index in [1.165, 1.54) is 0 Å². The van der Waals surface area contributed by atoms with Crippen LogP contribution in [0, 0.1) is 0 Å². The zero-order valence-corrected chi connectivity index (χ0v) is 13.5. The molecule has 5 heteroatoms. The zero-order valence-electron chi connectivity index (χ0n) is 13.5.